The molecular formula is C8H6BrClO. The first kappa shape index (κ1) is 8.75. The third kappa shape index (κ3) is 2.04. The summed E-state index contributed by atoms with van der Waals surface area (Å²) < 4.78 is 0. The van der Waals surface area contributed by atoms with Gasteiger partial charge < -0.3 is 0 Å². The van der Waals surface area contributed by atoms with E-state index >= 15 is 0 Å². The highest BCUT2D eigenvalue weighted by Crippen LogP contribution is 2.16. The van der Waals surface area contributed by atoms with Crippen molar-refractivity contribution in [2.75, 3.05) is 0 Å². The van der Waals surface area contributed by atoms with Crippen molar-refractivity contribution in [2.24, 2.45) is 0 Å². The second-order valence-corrected chi connectivity index (χ2v) is 3.09. The highest BCUT2D eigenvalue weighted by molar-refractivity contribution is 9.08. The van der Waals surface area contributed by atoms with Crippen LogP contribution in [0.3, 0.4) is 0 Å². The van der Waals surface area contributed by atoms with Gasteiger partial charge in [0.1, 0.15) is 6.29 Å². The van der Waals surface area contributed by atoms with Gasteiger partial charge in [-0.05, 0) is 23.8 Å². The Bertz CT molecular complexity index is 273. The summed E-state index contributed by atoms with van der Waals surface area (Å²) >= 11 is 8.98. The Morgan fingerprint density at radius 1 is 1.55 bits per heavy atom. The Labute approximate surface area is 78.5 Å². The predicted octanol–water partition coefficient (Wildman–Crippen LogP) is 3.05. The lowest BCUT2D eigenvalue weighted by Gasteiger charge is -1.99. The highest BCUT2D eigenvalue weighted by atomic mass is 79.9. The maximum absolute atomic E-state index is 10.4. The fourth-order valence-electron chi connectivity index (χ4n) is 0.805. The molecule has 0 heterocycles. The number of hydrogen-bond donors (Lipinski definition) is 0. The Morgan fingerprint density at radius 2 is 2.27 bits per heavy atom. The van der Waals surface area contributed by atoms with Crippen LogP contribution < -0.4 is 0 Å². The van der Waals surface area contributed by atoms with Crippen LogP contribution in [0.15, 0.2) is 18.2 Å². The number of aldehydes is 1. The van der Waals surface area contributed by atoms with Crippen LogP contribution in [0, 0.1) is 0 Å². The molecule has 1 aromatic carbocycles. The molecular weight excluding hydrogens is 227 g/mol. The highest BCUT2D eigenvalue weighted by Gasteiger charge is 1.99. The molecule has 1 aromatic rings. The van der Waals surface area contributed by atoms with Crippen LogP contribution in [0.5, 0.6) is 0 Å². The van der Waals surface area contributed by atoms with Gasteiger partial charge in [0.05, 0.1) is 0 Å². The fourth-order valence-corrected chi connectivity index (χ4v) is 1.49. The molecule has 0 aromatic heterocycles. The van der Waals surface area contributed by atoms with Crippen LogP contribution in [0.4, 0.5) is 0 Å². The summed E-state index contributed by atoms with van der Waals surface area (Å²) in [6, 6.07) is 5.20. The molecule has 0 fully saturated rings. The smallest absolute Gasteiger partial charge is 0.150 e. The fraction of sp³-hybridized carbons (Fsp3) is 0.125. The monoisotopic (exact) mass is 232 g/mol. The average Bonchev–Trinajstić information content (AvgIpc) is 2.04. The van der Waals surface area contributed by atoms with Crippen LogP contribution in [0.1, 0.15) is 15.9 Å². The topological polar surface area (TPSA) is 17.1 Å². The van der Waals surface area contributed by atoms with Crippen molar-refractivity contribution in [3.05, 3.63) is 34.3 Å². The van der Waals surface area contributed by atoms with E-state index in [4.69, 9.17) is 11.6 Å². The number of rotatable bonds is 2. The van der Waals surface area contributed by atoms with Gasteiger partial charge in [0.15, 0.2) is 0 Å². The molecule has 0 saturated heterocycles. The number of carbonyl (C=O) groups excluding carboxylic acids is 1. The van der Waals surface area contributed by atoms with Crippen LogP contribution >= 0.6 is 27.5 Å². The molecule has 1 nitrogen and oxygen atoms in total. The van der Waals surface area contributed by atoms with E-state index in [9.17, 15) is 4.79 Å². The maximum atomic E-state index is 10.4. The maximum Gasteiger partial charge on any atom is 0.150 e. The van der Waals surface area contributed by atoms with E-state index < -0.39 is 0 Å². The Kier molecular flexibility index (Phi) is 3.09. The van der Waals surface area contributed by atoms with E-state index in [2.05, 4.69) is 15.9 Å². The summed E-state index contributed by atoms with van der Waals surface area (Å²) in [4.78, 5) is 10.4. The van der Waals surface area contributed by atoms with Crippen LogP contribution in [0.2, 0.25) is 5.02 Å². The summed E-state index contributed by atoms with van der Waals surface area (Å²) in [7, 11) is 0. The zero-order valence-corrected chi connectivity index (χ0v) is 8.02. The van der Waals surface area contributed by atoms with E-state index in [0.717, 1.165) is 11.8 Å². The van der Waals surface area contributed by atoms with Gasteiger partial charge in [-0.3, -0.25) is 4.79 Å². The molecule has 0 bridgehead atoms. The molecule has 0 aliphatic rings. The zero-order chi connectivity index (χ0) is 8.27. The minimum absolute atomic E-state index is 0.654. The van der Waals surface area contributed by atoms with Crippen LogP contribution in [0.25, 0.3) is 0 Å². The largest absolute Gasteiger partial charge is 0.298 e. The lowest BCUT2D eigenvalue weighted by molar-refractivity contribution is 0.112. The number of hydrogen-bond acceptors (Lipinski definition) is 1. The molecule has 0 aliphatic carbocycles. The number of carbonyl (C=O) groups is 1. The van der Waals surface area contributed by atoms with E-state index in [-0.39, 0.29) is 0 Å². The van der Waals surface area contributed by atoms with E-state index in [1.807, 2.05) is 0 Å². The van der Waals surface area contributed by atoms with Crippen molar-refractivity contribution >= 4 is 33.8 Å². The van der Waals surface area contributed by atoms with E-state index in [1.165, 1.54) is 0 Å². The van der Waals surface area contributed by atoms with Gasteiger partial charge in [-0.15, -0.1) is 0 Å². The molecule has 0 unspecified atom stereocenters. The molecule has 11 heavy (non-hydrogen) atoms. The Balaban J connectivity index is 3.16. The molecule has 3 heteroatoms. The number of halogens is 2. The van der Waals surface area contributed by atoms with Crippen molar-refractivity contribution < 1.29 is 4.79 Å². The van der Waals surface area contributed by atoms with E-state index in [0.29, 0.717) is 15.9 Å². The van der Waals surface area contributed by atoms with Crippen LogP contribution in [-0.4, -0.2) is 6.29 Å². The zero-order valence-electron chi connectivity index (χ0n) is 5.68. The summed E-state index contributed by atoms with van der Waals surface area (Å²) in [5.74, 6) is 0. The molecule has 0 N–H and O–H groups in total. The third-order valence-electron chi connectivity index (χ3n) is 1.38. The lowest BCUT2D eigenvalue weighted by Crippen LogP contribution is -1.87. The average molecular weight is 233 g/mol. The molecule has 0 atom stereocenters. The molecule has 1 rings (SSSR count). The van der Waals surface area contributed by atoms with Gasteiger partial charge in [-0.2, -0.15) is 0 Å². The first-order valence-electron chi connectivity index (χ1n) is 3.07. The first-order valence-corrected chi connectivity index (χ1v) is 4.57. The normalized spacial score (nSPS) is 9.64. The SMILES string of the molecule is O=Cc1ccc(Cl)cc1CBr. The molecule has 0 radical (unpaired) electrons. The van der Waals surface area contributed by atoms with Gasteiger partial charge in [0.2, 0.25) is 0 Å². The molecule has 0 aliphatic heterocycles. The lowest BCUT2D eigenvalue weighted by atomic mass is 10.1. The molecule has 58 valence electrons. The Hall–Kier alpha value is -0.340. The number of benzene rings is 1. The summed E-state index contributed by atoms with van der Waals surface area (Å²) in [5, 5.41) is 1.31. The van der Waals surface area contributed by atoms with Crippen molar-refractivity contribution in [1.82, 2.24) is 0 Å². The van der Waals surface area contributed by atoms with Gasteiger partial charge in [-0.1, -0.05) is 27.5 Å². The van der Waals surface area contributed by atoms with Crippen molar-refractivity contribution in [3.8, 4) is 0 Å². The van der Waals surface area contributed by atoms with E-state index in [1.54, 1.807) is 18.2 Å². The Morgan fingerprint density at radius 3 is 2.82 bits per heavy atom. The van der Waals surface area contributed by atoms with Gasteiger partial charge in [0.25, 0.3) is 0 Å². The quantitative estimate of drug-likeness (QED) is 0.567. The molecule has 0 amide bonds. The van der Waals surface area contributed by atoms with Gasteiger partial charge in [0, 0.05) is 15.9 Å². The van der Waals surface area contributed by atoms with Crippen molar-refractivity contribution in [2.45, 2.75) is 5.33 Å². The second kappa shape index (κ2) is 3.88. The standard InChI is InChI=1S/C8H6BrClO/c9-4-7-3-8(10)2-1-6(7)5-11/h1-3,5H,4H2. The van der Waals surface area contributed by atoms with Gasteiger partial charge >= 0.3 is 0 Å². The number of alkyl halides is 1. The van der Waals surface area contributed by atoms with Crippen molar-refractivity contribution in [3.63, 3.8) is 0 Å². The minimum atomic E-state index is 0.654. The summed E-state index contributed by atoms with van der Waals surface area (Å²) in [5.41, 5.74) is 1.61. The summed E-state index contributed by atoms with van der Waals surface area (Å²) in [6.07, 6.45) is 0.826. The predicted molar refractivity (Wildman–Crippen MR) is 49.5 cm³/mol. The summed E-state index contributed by atoms with van der Waals surface area (Å²) in [6.45, 7) is 0. The second-order valence-electron chi connectivity index (χ2n) is 2.09. The first-order chi connectivity index (χ1) is 5.27. The minimum Gasteiger partial charge on any atom is -0.298 e. The third-order valence-corrected chi connectivity index (χ3v) is 2.22. The molecule has 0 spiro atoms. The molecule has 0 saturated carbocycles. The van der Waals surface area contributed by atoms with Crippen LogP contribution in [-0.2, 0) is 5.33 Å². The van der Waals surface area contributed by atoms with Crippen molar-refractivity contribution in [1.29, 1.82) is 0 Å². The van der Waals surface area contributed by atoms with Gasteiger partial charge in [-0.25, -0.2) is 0 Å².